The first-order chi connectivity index (χ1) is 16.8. The summed E-state index contributed by atoms with van der Waals surface area (Å²) in [6.45, 7) is 0. The van der Waals surface area contributed by atoms with E-state index in [1.807, 2.05) is 36.4 Å². The highest BCUT2D eigenvalue weighted by atomic mass is 79.9. The van der Waals surface area contributed by atoms with Crippen molar-refractivity contribution in [2.24, 2.45) is 0 Å². The van der Waals surface area contributed by atoms with E-state index in [-0.39, 0.29) is 11.5 Å². The summed E-state index contributed by atoms with van der Waals surface area (Å²) in [6, 6.07) is 15.0. The molecule has 2 N–H and O–H groups in total. The van der Waals surface area contributed by atoms with Crippen molar-refractivity contribution in [2.45, 2.75) is 0 Å². The van der Waals surface area contributed by atoms with Gasteiger partial charge in [0.05, 0.1) is 0 Å². The monoisotopic (exact) mass is 1120 g/mol. The van der Waals surface area contributed by atoms with Crippen LogP contribution in [-0.4, -0.2) is 10.2 Å². The molecule has 0 saturated heterocycles. The van der Waals surface area contributed by atoms with E-state index >= 15 is 0 Å². The lowest BCUT2D eigenvalue weighted by atomic mass is 10.1. The van der Waals surface area contributed by atoms with Gasteiger partial charge in [-0.2, -0.15) is 0 Å². The molecule has 4 aromatic carbocycles. The highest BCUT2D eigenvalue weighted by Gasteiger charge is 2.18. The number of rotatable bonds is 2. The van der Waals surface area contributed by atoms with Crippen LogP contribution in [-0.2, 0) is 0 Å². The van der Waals surface area contributed by atoms with Crippen LogP contribution in [0, 0.1) is 0 Å². The highest BCUT2D eigenvalue weighted by molar-refractivity contribution is 9.15. The van der Waals surface area contributed by atoms with Gasteiger partial charge in [0, 0.05) is 67.0 Å². The number of aromatic hydroxyl groups is 2. The summed E-state index contributed by atoms with van der Waals surface area (Å²) in [7, 11) is 0. The topological polar surface area (TPSA) is 40.5 Å². The van der Waals surface area contributed by atoms with Gasteiger partial charge in [0.25, 0.3) is 0 Å². The Balaban J connectivity index is 0.000000201. The molecule has 0 fully saturated rings. The van der Waals surface area contributed by atoms with Gasteiger partial charge in [0.2, 0.25) is 0 Å². The molecule has 0 radical (unpaired) electrons. The van der Waals surface area contributed by atoms with Crippen LogP contribution in [0.15, 0.2) is 93.3 Å². The SMILES string of the molecule is Oc1cc(Br)c(Br)c(Br)c1-c1ccc(Br)cc1Br.Oc1cc(Br)c(Br)c(Br)c1-c1ccc(Br)cc1Br. The van der Waals surface area contributed by atoms with Crippen molar-refractivity contribution in [1.82, 2.24) is 0 Å². The highest BCUT2D eigenvalue weighted by Crippen LogP contribution is 2.48. The van der Waals surface area contributed by atoms with Crippen LogP contribution in [0.5, 0.6) is 11.5 Å². The van der Waals surface area contributed by atoms with Crippen molar-refractivity contribution >= 4 is 159 Å². The molecule has 36 heavy (non-hydrogen) atoms. The number of phenolic OH excluding ortho intramolecular Hbond substituents is 2. The van der Waals surface area contributed by atoms with Crippen molar-refractivity contribution in [2.75, 3.05) is 0 Å². The first-order valence-electron chi connectivity index (χ1n) is 9.47. The molecule has 0 aromatic heterocycles. The van der Waals surface area contributed by atoms with Gasteiger partial charge in [-0.3, -0.25) is 0 Å². The predicted molar refractivity (Wildman–Crippen MR) is 184 cm³/mol. The van der Waals surface area contributed by atoms with E-state index in [0.717, 1.165) is 67.0 Å². The fourth-order valence-corrected chi connectivity index (χ4v) is 8.80. The van der Waals surface area contributed by atoms with Crippen LogP contribution in [0.3, 0.4) is 0 Å². The first-order valence-corrected chi connectivity index (χ1v) is 17.4. The molecule has 0 amide bonds. The molecular formula is C24H10Br10O2. The zero-order chi connectivity index (χ0) is 26.9. The minimum absolute atomic E-state index is 0.208. The van der Waals surface area contributed by atoms with Gasteiger partial charge in [-0.25, -0.2) is 0 Å². The van der Waals surface area contributed by atoms with Crippen molar-refractivity contribution < 1.29 is 10.2 Å². The Morgan fingerprint density at radius 3 is 1.03 bits per heavy atom. The van der Waals surface area contributed by atoms with E-state index in [9.17, 15) is 10.2 Å². The van der Waals surface area contributed by atoms with Gasteiger partial charge in [-0.05, 0) is 132 Å². The van der Waals surface area contributed by atoms with E-state index < -0.39 is 0 Å². The van der Waals surface area contributed by atoms with Crippen molar-refractivity contribution in [1.29, 1.82) is 0 Å². The lowest BCUT2D eigenvalue weighted by Gasteiger charge is -2.12. The second kappa shape index (κ2) is 13.8. The molecule has 0 heterocycles. The van der Waals surface area contributed by atoms with Crippen LogP contribution < -0.4 is 0 Å². The molecule has 0 atom stereocenters. The van der Waals surface area contributed by atoms with Gasteiger partial charge in [0.1, 0.15) is 11.5 Å². The molecule has 4 aromatic rings. The molecule has 0 aliphatic carbocycles. The van der Waals surface area contributed by atoms with Crippen LogP contribution in [0.4, 0.5) is 0 Å². The summed E-state index contributed by atoms with van der Waals surface area (Å²) >= 11 is 34.5. The number of phenols is 2. The summed E-state index contributed by atoms with van der Waals surface area (Å²) < 4.78 is 8.69. The summed E-state index contributed by atoms with van der Waals surface area (Å²) in [5.41, 5.74) is 3.31. The van der Waals surface area contributed by atoms with E-state index in [1.54, 1.807) is 12.1 Å². The minimum atomic E-state index is 0.208. The maximum absolute atomic E-state index is 10.1. The average Bonchev–Trinajstić information content (AvgIpc) is 2.79. The smallest absolute Gasteiger partial charge is 0.125 e. The maximum Gasteiger partial charge on any atom is 0.125 e. The number of benzene rings is 4. The second-order valence-corrected chi connectivity index (χ2v) is 15.4. The van der Waals surface area contributed by atoms with Crippen molar-refractivity contribution in [3.8, 4) is 33.8 Å². The lowest BCUT2D eigenvalue weighted by molar-refractivity contribution is 0.476. The van der Waals surface area contributed by atoms with Gasteiger partial charge < -0.3 is 10.2 Å². The number of hydrogen-bond acceptors (Lipinski definition) is 2. The molecule has 2 nitrogen and oxygen atoms in total. The Morgan fingerprint density at radius 2 is 0.722 bits per heavy atom. The van der Waals surface area contributed by atoms with Crippen LogP contribution in [0.2, 0.25) is 0 Å². The number of halogens is 10. The van der Waals surface area contributed by atoms with Crippen LogP contribution in [0.1, 0.15) is 0 Å². The molecule has 0 spiro atoms. The molecule has 0 unspecified atom stereocenters. The molecule has 0 aliphatic heterocycles. The number of hydrogen-bond donors (Lipinski definition) is 2. The molecule has 0 aliphatic rings. The molecule has 12 heteroatoms. The minimum Gasteiger partial charge on any atom is -0.507 e. The van der Waals surface area contributed by atoms with Crippen LogP contribution >= 0.6 is 159 Å². The van der Waals surface area contributed by atoms with Gasteiger partial charge >= 0.3 is 0 Å². The quantitative estimate of drug-likeness (QED) is 0.196. The Bertz CT molecular complexity index is 1360. The Morgan fingerprint density at radius 1 is 0.389 bits per heavy atom. The predicted octanol–water partition coefficient (Wildman–Crippen LogP) is 13.7. The summed E-state index contributed by atoms with van der Waals surface area (Å²) in [5, 5.41) is 20.3. The third-order valence-electron chi connectivity index (χ3n) is 4.68. The molecule has 0 bridgehead atoms. The molecule has 0 saturated carbocycles. The van der Waals surface area contributed by atoms with E-state index in [0.29, 0.717) is 0 Å². The van der Waals surface area contributed by atoms with E-state index in [2.05, 4.69) is 159 Å². The fraction of sp³-hybridized carbons (Fsp3) is 0. The van der Waals surface area contributed by atoms with E-state index in [4.69, 9.17) is 0 Å². The normalized spacial score (nSPS) is 10.7. The van der Waals surface area contributed by atoms with Crippen molar-refractivity contribution in [3.63, 3.8) is 0 Å². The van der Waals surface area contributed by atoms with Crippen LogP contribution in [0.25, 0.3) is 22.3 Å². The second-order valence-electron chi connectivity index (χ2n) is 7.01. The van der Waals surface area contributed by atoms with Gasteiger partial charge in [-0.15, -0.1) is 0 Å². The molecular weight excluding hydrogens is 1120 g/mol. The fourth-order valence-electron chi connectivity index (χ4n) is 3.06. The summed E-state index contributed by atoms with van der Waals surface area (Å²) in [4.78, 5) is 0. The Kier molecular flexibility index (Phi) is 12.2. The lowest BCUT2D eigenvalue weighted by Crippen LogP contribution is -1.86. The third kappa shape index (κ3) is 7.32. The first kappa shape index (κ1) is 31.8. The zero-order valence-electron chi connectivity index (χ0n) is 17.3. The zero-order valence-corrected chi connectivity index (χ0v) is 33.2. The third-order valence-corrected chi connectivity index (χ3v) is 13.6. The maximum atomic E-state index is 10.1. The molecule has 4 rings (SSSR count). The summed E-state index contributed by atoms with van der Waals surface area (Å²) in [6.07, 6.45) is 0. The summed E-state index contributed by atoms with van der Waals surface area (Å²) in [5.74, 6) is 0.417. The Hall–Kier alpha value is 1.28. The molecule has 188 valence electrons. The van der Waals surface area contributed by atoms with Crippen molar-refractivity contribution in [3.05, 3.63) is 93.3 Å². The average molecular weight is 1130 g/mol. The van der Waals surface area contributed by atoms with Gasteiger partial charge in [-0.1, -0.05) is 75.9 Å². The standard InChI is InChI=1S/2C12H5Br5O/c2*13-5-1-2-6(7(14)3-5)10-9(18)4-8(15)11(16)12(10)17/h2*1-4,18H. The Labute approximate surface area is 292 Å². The van der Waals surface area contributed by atoms with E-state index in [1.165, 1.54) is 0 Å². The van der Waals surface area contributed by atoms with Gasteiger partial charge in [0.15, 0.2) is 0 Å². The largest absolute Gasteiger partial charge is 0.507 e.